The molecule has 238 valence electrons. The van der Waals surface area contributed by atoms with E-state index in [1.54, 1.807) is 0 Å². The minimum atomic E-state index is -2.85. The van der Waals surface area contributed by atoms with E-state index in [-0.39, 0.29) is 0 Å². The molecule has 5 heteroatoms. The highest BCUT2D eigenvalue weighted by Crippen LogP contribution is 2.18. The second kappa shape index (κ2) is 14.2. The van der Waals surface area contributed by atoms with E-state index in [0.29, 0.717) is 0 Å². The number of hydrogen-bond donors (Lipinski definition) is 0. The maximum Gasteiger partial charge on any atom is 0.273 e. The molecule has 7 rings (SSSR count). The minimum absolute atomic E-state index is 0.746. The minimum Gasteiger partial charge on any atom is -0.454 e. The van der Waals surface area contributed by atoms with Gasteiger partial charge < -0.3 is 13.7 Å². The quantitative estimate of drug-likeness (QED) is 0.0970. The molecule has 3 nitrogen and oxygen atoms in total. The van der Waals surface area contributed by atoms with Crippen molar-refractivity contribution in [2.45, 2.75) is 13.8 Å². The third kappa shape index (κ3) is 6.22. The molecule has 0 amide bonds. The number of nitrogens with zero attached hydrogens (tertiary/aromatic N) is 2. The van der Waals surface area contributed by atoms with Crippen LogP contribution in [0.4, 0.5) is 0 Å². The summed E-state index contributed by atoms with van der Waals surface area (Å²) in [6.45, 7) is 4.14. The molecular formula is C44H38N2OSi2. The van der Waals surface area contributed by atoms with Gasteiger partial charge in [0.2, 0.25) is 0 Å². The first-order valence-corrected chi connectivity index (χ1v) is 20.6. The summed E-state index contributed by atoms with van der Waals surface area (Å²) in [5.41, 5.74) is 1.72. The van der Waals surface area contributed by atoms with Gasteiger partial charge in [-0.25, -0.2) is 0 Å². The van der Waals surface area contributed by atoms with Crippen molar-refractivity contribution < 1.29 is 4.42 Å². The molecule has 7 aromatic rings. The second-order valence-corrected chi connectivity index (χ2v) is 18.9. The molecule has 0 radical (unpaired) electrons. The van der Waals surface area contributed by atoms with Crippen LogP contribution in [0, 0.1) is 0 Å². The Bertz CT molecular complexity index is 1820. The lowest BCUT2D eigenvalue weighted by atomic mass is 10.3. The molecule has 0 unspecified atom stereocenters. The first kappa shape index (κ1) is 31.9. The Morgan fingerprint density at radius 3 is 0.735 bits per heavy atom. The normalized spacial score (nSPS) is 12.5. The van der Waals surface area contributed by atoms with Gasteiger partial charge in [0.05, 0.1) is 11.4 Å². The zero-order chi connectivity index (χ0) is 33.5. The molecule has 0 spiro atoms. The zero-order valence-electron chi connectivity index (χ0n) is 27.8. The molecule has 6 aromatic carbocycles. The highest BCUT2D eigenvalue weighted by molar-refractivity contribution is 7.11. The number of hydrogen-bond acceptors (Lipinski definition) is 3. The first-order chi connectivity index (χ1) is 24.1. The van der Waals surface area contributed by atoms with E-state index >= 15 is 0 Å². The van der Waals surface area contributed by atoms with Crippen LogP contribution in [0.3, 0.4) is 0 Å². The van der Waals surface area contributed by atoms with E-state index in [1.807, 2.05) is 12.1 Å². The maximum absolute atomic E-state index is 6.70. The SMILES string of the molecule is C/C(=N\[Si](c1ccccc1)(c1ccccc1)c1ccccc1)c1ccc(/C(C)=N/[Si](c2ccccc2)(c2ccccc2)c2ccccc2)o1. The highest BCUT2D eigenvalue weighted by Gasteiger charge is 2.42. The number of rotatable bonds is 10. The first-order valence-electron chi connectivity index (χ1n) is 16.7. The molecule has 0 N–H and O–H groups in total. The summed E-state index contributed by atoms with van der Waals surface area (Å²) in [6.07, 6.45) is 0. The largest absolute Gasteiger partial charge is 0.454 e. The van der Waals surface area contributed by atoms with Crippen molar-refractivity contribution in [1.82, 2.24) is 0 Å². The van der Waals surface area contributed by atoms with Gasteiger partial charge in [0, 0.05) is 0 Å². The third-order valence-corrected chi connectivity index (χ3v) is 17.5. The lowest BCUT2D eigenvalue weighted by molar-refractivity contribution is 0.548. The smallest absolute Gasteiger partial charge is 0.273 e. The van der Waals surface area contributed by atoms with Gasteiger partial charge in [0.25, 0.3) is 16.5 Å². The monoisotopic (exact) mass is 666 g/mol. The summed E-state index contributed by atoms with van der Waals surface area (Å²) in [7, 11) is -5.71. The zero-order valence-corrected chi connectivity index (χ0v) is 29.8. The van der Waals surface area contributed by atoms with E-state index < -0.39 is 16.5 Å². The van der Waals surface area contributed by atoms with Crippen molar-refractivity contribution in [3.8, 4) is 0 Å². The van der Waals surface area contributed by atoms with E-state index in [0.717, 1.165) is 22.9 Å². The molecule has 1 aromatic heterocycles. The Kier molecular flexibility index (Phi) is 9.28. The predicted octanol–water partition coefficient (Wildman–Crippen LogP) is 6.23. The van der Waals surface area contributed by atoms with E-state index in [9.17, 15) is 0 Å². The lowest BCUT2D eigenvalue weighted by Gasteiger charge is -2.30. The summed E-state index contributed by atoms with van der Waals surface area (Å²) in [5, 5.41) is 7.34. The lowest BCUT2D eigenvalue weighted by Crippen LogP contribution is -2.66. The fourth-order valence-electron chi connectivity index (χ4n) is 6.80. The van der Waals surface area contributed by atoms with Crippen molar-refractivity contribution in [2.75, 3.05) is 0 Å². The standard InChI is InChI=1S/C44H38N2OSi2/c1-35(45-48(37-21-9-3-10-22-37,38-23-11-4-12-24-38)39-25-13-5-14-26-39)43-33-34-44(47-43)36(2)46-49(40-27-15-6-16-28-40,41-29-17-7-18-30-41)42-31-19-8-20-32-42/h3-34H,1-2H3/b45-35+,46-36+. The van der Waals surface area contributed by atoms with E-state index in [4.69, 9.17) is 13.7 Å². The molecule has 0 fully saturated rings. The van der Waals surface area contributed by atoms with Gasteiger partial charge in [-0.3, -0.25) is 0 Å². The van der Waals surface area contributed by atoms with Crippen LogP contribution in [0.25, 0.3) is 0 Å². The van der Waals surface area contributed by atoms with Crippen molar-refractivity contribution in [3.05, 3.63) is 206 Å². The molecule has 0 atom stereocenters. The maximum atomic E-state index is 6.70. The van der Waals surface area contributed by atoms with Crippen LogP contribution >= 0.6 is 0 Å². The van der Waals surface area contributed by atoms with Gasteiger partial charge >= 0.3 is 0 Å². The summed E-state index contributed by atoms with van der Waals surface area (Å²) in [4.78, 5) is 0. The summed E-state index contributed by atoms with van der Waals surface area (Å²) in [5.74, 6) is 1.49. The summed E-state index contributed by atoms with van der Waals surface area (Å²) >= 11 is 0. The number of furan rings is 1. The summed E-state index contributed by atoms with van der Waals surface area (Å²) in [6, 6.07) is 68.5. The molecule has 0 aliphatic carbocycles. The molecule has 1 heterocycles. The Morgan fingerprint density at radius 2 is 0.531 bits per heavy atom. The highest BCUT2D eigenvalue weighted by atomic mass is 28.3. The van der Waals surface area contributed by atoms with Gasteiger partial charge in [-0.1, -0.05) is 182 Å². The average molecular weight is 667 g/mol. The molecule has 0 aliphatic heterocycles. The molecule has 0 aliphatic rings. The van der Waals surface area contributed by atoms with Crippen LogP contribution in [-0.2, 0) is 0 Å². The van der Waals surface area contributed by atoms with Crippen LogP contribution in [0.15, 0.2) is 208 Å². The van der Waals surface area contributed by atoms with Gasteiger partial charge in [0.15, 0.2) is 0 Å². The van der Waals surface area contributed by atoms with Gasteiger partial charge in [-0.15, -0.1) is 0 Å². The van der Waals surface area contributed by atoms with E-state index in [2.05, 4.69) is 196 Å². The fraction of sp³-hybridized carbons (Fsp3) is 0.0455. The van der Waals surface area contributed by atoms with Crippen molar-refractivity contribution >= 4 is 59.0 Å². The van der Waals surface area contributed by atoms with Crippen LogP contribution in [-0.4, -0.2) is 27.9 Å². The Hall–Kier alpha value is -5.63. The topological polar surface area (TPSA) is 37.9 Å². The fourth-order valence-corrected chi connectivity index (χ4v) is 14.9. The van der Waals surface area contributed by atoms with Crippen LogP contribution in [0.2, 0.25) is 0 Å². The molecule has 0 bridgehead atoms. The van der Waals surface area contributed by atoms with Gasteiger partial charge in [0.1, 0.15) is 11.5 Å². The van der Waals surface area contributed by atoms with Crippen molar-refractivity contribution in [1.29, 1.82) is 0 Å². The van der Waals surface area contributed by atoms with Crippen LogP contribution in [0.5, 0.6) is 0 Å². The van der Waals surface area contributed by atoms with E-state index in [1.165, 1.54) is 31.1 Å². The number of benzene rings is 6. The van der Waals surface area contributed by atoms with Gasteiger partial charge in [-0.2, -0.15) is 0 Å². The molecule has 0 saturated heterocycles. The Balaban J connectivity index is 1.38. The molecule has 49 heavy (non-hydrogen) atoms. The third-order valence-electron chi connectivity index (χ3n) is 9.14. The molecular weight excluding hydrogens is 629 g/mol. The Labute approximate surface area is 291 Å². The Morgan fingerprint density at radius 1 is 0.327 bits per heavy atom. The van der Waals surface area contributed by atoms with Crippen molar-refractivity contribution in [2.24, 2.45) is 9.32 Å². The van der Waals surface area contributed by atoms with Crippen LogP contribution < -0.4 is 31.1 Å². The average Bonchev–Trinajstić information content (AvgIpc) is 3.69. The molecule has 0 saturated carbocycles. The van der Waals surface area contributed by atoms with Gasteiger partial charge in [-0.05, 0) is 57.1 Å². The van der Waals surface area contributed by atoms with Crippen molar-refractivity contribution in [3.63, 3.8) is 0 Å². The predicted molar refractivity (Wildman–Crippen MR) is 211 cm³/mol. The summed E-state index contributed by atoms with van der Waals surface area (Å²) < 4.78 is 18.1. The van der Waals surface area contributed by atoms with Crippen LogP contribution in [0.1, 0.15) is 25.4 Å². The second-order valence-electron chi connectivity index (χ2n) is 12.2.